The quantitative estimate of drug-likeness (QED) is 0.791. The molecule has 0 aromatic carbocycles. The van der Waals surface area contributed by atoms with E-state index in [9.17, 15) is 4.79 Å². The minimum absolute atomic E-state index is 0.528. The molecule has 2 aromatic heterocycles. The second-order valence-electron chi connectivity index (χ2n) is 4.72. The van der Waals surface area contributed by atoms with Gasteiger partial charge in [-0.3, -0.25) is 4.79 Å². The average molecular weight is 260 g/mol. The molecule has 0 atom stereocenters. The molecule has 0 N–H and O–H groups in total. The highest BCUT2D eigenvalue weighted by atomic mass is 16.7. The van der Waals surface area contributed by atoms with Crippen LogP contribution in [0.2, 0.25) is 0 Å². The highest BCUT2D eigenvalue weighted by Crippen LogP contribution is 2.34. The van der Waals surface area contributed by atoms with Crippen LogP contribution in [-0.4, -0.2) is 29.1 Å². The molecule has 0 amide bonds. The first kappa shape index (κ1) is 12.3. The van der Waals surface area contributed by atoms with Crippen molar-refractivity contribution in [3.8, 4) is 0 Å². The van der Waals surface area contributed by atoms with Crippen molar-refractivity contribution in [2.75, 3.05) is 13.2 Å². The molecule has 3 heterocycles. The number of hydrogen-bond donors (Lipinski definition) is 0. The zero-order valence-corrected chi connectivity index (χ0v) is 11.0. The third kappa shape index (κ3) is 1.86. The van der Waals surface area contributed by atoms with Crippen molar-refractivity contribution in [2.45, 2.75) is 26.1 Å². The fourth-order valence-electron chi connectivity index (χ4n) is 2.46. The number of pyridine rings is 1. The summed E-state index contributed by atoms with van der Waals surface area (Å²) in [6.07, 6.45) is 1.62. The van der Waals surface area contributed by atoms with Gasteiger partial charge in [-0.05, 0) is 31.5 Å². The van der Waals surface area contributed by atoms with Crippen LogP contribution in [0.5, 0.6) is 0 Å². The van der Waals surface area contributed by atoms with E-state index in [0.29, 0.717) is 18.9 Å². The predicted octanol–water partition coefficient (Wildman–Crippen LogP) is 1.93. The van der Waals surface area contributed by atoms with Crippen LogP contribution in [-0.2, 0) is 21.7 Å². The van der Waals surface area contributed by atoms with Gasteiger partial charge in [0.1, 0.15) is 5.69 Å². The van der Waals surface area contributed by atoms with E-state index in [1.807, 2.05) is 26.0 Å². The molecule has 0 radical (unpaired) electrons. The SMILES string of the molecule is CCc1cc2c(C3(C)OCCO3)ccc(C=O)n2n1. The number of nitrogens with zero attached hydrogens (tertiary/aromatic N) is 2. The number of aldehydes is 1. The standard InChI is InChI=1S/C14H16N2O3/c1-3-10-8-13-12(14(2)18-6-7-19-14)5-4-11(9-17)16(13)15-10/h4-5,8-9H,3,6-7H2,1-2H3. The van der Waals surface area contributed by atoms with E-state index in [2.05, 4.69) is 5.10 Å². The first-order valence-electron chi connectivity index (χ1n) is 6.43. The lowest BCUT2D eigenvalue weighted by molar-refractivity contribution is -0.148. The monoisotopic (exact) mass is 260 g/mol. The van der Waals surface area contributed by atoms with Crippen LogP contribution < -0.4 is 0 Å². The molecule has 5 nitrogen and oxygen atoms in total. The molecule has 0 saturated carbocycles. The van der Waals surface area contributed by atoms with Crippen molar-refractivity contribution < 1.29 is 14.3 Å². The van der Waals surface area contributed by atoms with Crippen molar-refractivity contribution in [1.82, 2.24) is 9.61 Å². The molecule has 0 unspecified atom stereocenters. The van der Waals surface area contributed by atoms with Gasteiger partial charge < -0.3 is 9.47 Å². The van der Waals surface area contributed by atoms with Gasteiger partial charge in [-0.15, -0.1) is 0 Å². The van der Waals surface area contributed by atoms with Crippen LogP contribution in [0.1, 0.15) is 35.6 Å². The fraction of sp³-hybridized carbons (Fsp3) is 0.429. The minimum atomic E-state index is -0.756. The minimum Gasteiger partial charge on any atom is -0.344 e. The first-order chi connectivity index (χ1) is 9.18. The molecule has 0 bridgehead atoms. The molecule has 19 heavy (non-hydrogen) atoms. The molecule has 0 aliphatic carbocycles. The number of carbonyl (C=O) groups is 1. The van der Waals surface area contributed by atoms with E-state index in [1.165, 1.54) is 0 Å². The molecule has 5 heteroatoms. The van der Waals surface area contributed by atoms with Crippen LogP contribution in [0.25, 0.3) is 5.52 Å². The lowest BCUT2D eigenvalue weighted by Gasteiger charge is -2.23. The van der Waals surface area contributed by atoms with Crippen molar-refractivity contribution in [1.29, 1.82) is 0 Å². The average Bonchev–Trinajstić information content (AvgIpc) is 3.04. The molecule has 1 fully saturated rings. The van der Waals surface area contributed by atoms with E-state index >= 15 is 0 Å². The van der Waals surface area contributed by atoms with Crippen molar-refractivity contribution in [2.24, 2.45) is 0 Å². The lowest BCUT2D eigenvalue weighted by atomic mass is 10.1. The van der Waals surface area contributed by atoms with Gasteiger partial charge in [-0.25, -0.2) is 4.52 Å². The number of aryl methyl sites for hydroxylation is 1. The maximum Gasteiger partial charge on any atom is 0.194 e. The number of hydrogen-bond acceptors (Lipinski definition) is 4. The molecule has 2 aromatic rings. The Kier molecular flexibility index (Phi) is 2.88. The maximum absolute atomic E-state index is 11.1. The van der Waals surface area contributed by atoms with E-state index < -0.39 is 5.79 Å². The highest BCUT2D eigenvalue weighted by molar-refractivity contribution is 5.75. The zero-order chi connectivity index (χ0) is 13.5. The molecule has 0 spiro atoms. The fourth-order valence-corrected chi connectivity index (χ4v) is 2.46. The smallest absolute Gasteiger partial charge is 0.194 e. The van der Waals surface area contributed by atoms with Gasteiger partial charge in [0.2, 0.25) is 0 Å². The van der Waals surface area contributed by atoms with E-state index in [4.69, 9.17) is 9.47 Å². The number of rotatable bonds is 3. The van der Waals surface area contributed by atoms with Crippen LogP contribution >= 0.6 is 0 Å². The summed E-state index contributed by atoms with van der Waals surface area (Å²) < 4.78 is 13.1. The summed E-state index contributed by atoms with van der Waals surface area (Å²) in [5.41, 5.74) is 3.24. The maximum atomic E-state index is 11.1. The predicted molar refractivity (Wildman–Crippen MR) is 69.2 cm³/mol. The third-order valence-electron chi connectivity index (χ3n) is 3.51. The topological polar surface area (TPSA) is 52.8 Å². The molecule has 100 valence electrons. The molecule has 1 aliphatic heterocycles. The third-order valence-corrected chi connectivity index (χ3v) is 3.51. The zero-order valence-electron chi connectivity index (χ0n) is 11.0. The summed E-state index contributed by atoms with van der Waals surface area (Å²) in [6.45, 7) is 5.08. The van der Waals surface area contributed by atoms with Gasteiger partial charge >= 0.3 is 0 Å². The Morgan fingerprint density at radius 2 is 2.16 bits per heavy atom. The Balaban J connectivity index is 2.25. The number of aromatic nitrogens is 2. The van der Waals surface area contributed by atoms with Gasteiger partial charge in [0.25, 0.3) is 0 Å². The van der Waals surface area contributed by atoms with Gasteiger partial charge in [0.15, 0.2) is 12.1 Å². The Morgan fingerprint density at radius 3 is 2.79 bits per heavy atom. The van der Waals surface area contributed by atoms with Gasteiger partial charge in [-0.2, -0.15) is 5.10 Å². The van der Waals surface area contributed by atoms with Gasteiger partial charge in [-0.1, -0.05) is 6.92 Å². The molecular weight excluding hydrogens is 244 g/mol. The summed E-state index contributed by atoms with van der Waals surface area (Å²) >= 11 is 0. The van der Waals surface area contributed by atoms with Crippen molar-refractivity contribution in [3.05, 3.63) is 35.2 Å². The van der Waals surface area contributed by atoms with Gasteiger partial charge in [0, 0.05) is 5.56 Å². The molecule has 1 saturated heterocycles. The Morgan fingerprint density at radius 1 is 1.42 bits per heavy atom. The summed E-state index contributed by atoms with van der Waals surface area (Å²) in [4.78, 5) is 11.1. The Hall–Kier alpha value is -1.72. The second kappa shape index (κ2) is 4.43. The van der Waals surface area contributed by atoms with E-state index in [0.717, 1.165) is 29.5 Å². The number of ether oxygens (including phenoxy) is 2. The normalized spacial score (nSPS) is 18.0. The Labute approximate surface area is 111 Å². The van der Waals surface area contributed by atoms with E-state index in [-0.39, 0.29) is 0 Å². The number of carbonyl (C=O) groups excluding carboxylic acids is 1. The van der Waals surface area contributed by atoms with Crippen LogP contribution in [0, 0.1) is 0 Å². The number of fused-ring (bicyclic) bond motifs is 1. The first-order valence-corrected chi connectivity index (χ1v) is 6.43. The van der Waals surface area contributed by atoms with Gasteiger partial charge in [0.05, 0.1) is 24.4 Å². The summed E-state index contributed by atoms with van der Waals surface area (Å²) in [7, 11) is 0. The lowest BCUT2D eigenvalue weighted by Crippen LogP contribution is -2.23. The van der Waals surface area contributed by atoms with Crippen LogP contribution in [0.15, 0.2) is 18.2 Å². The molecule has 1 aliphatic rings. The second-order valence-corrected chi connectivity index (χ2v) is 4.72. The summed E-state index contributed by atoms with van der Waals surface area (Å²) in [5.74, 6) is -0.756. The van der Waals surface area contributed by atoms with Crippen molar-refractivity contribution in [3.63, 3.8) is 0 Å². The Bertz CT molecular complexity index is 627. The molecular formula is C14H16N2O3. The van der Waals surface area contributed by atoms with Crippen LogP contribution in [0.3, 0.4) is 0 Å². The van der Waals surface area contributed by atoms with Crippen LogP contribution in [0.4, 0.5) is 0 Å². The summed E-state index contributed by atoms with van der Waals surface area (Å²) in [5, 5.41) is 4.44. The van der Waals surface area contributed by atoms with Crippen molar-refractivity contribution >= 4 is 11.8 Å². The largest absolute Gasteiger partial charge is 0.344 e. The highest BCUT2D eigenvalue weighted by Gasteiger charge is 2.35. The van der Waals surface area contributed by atoms with E-state index in [1.54, 1.807) is 10.6 Å². The summed E-state index contributed by atoms with van der Waals surface area (Å²) in [6, 6.07) is 5.61. The molecule has 3 rings (SSSR count).